The van der Waals surface area contributed by atoms with Gasteiger partial charge in [0.15, 0.2) is 0 Å². The Labute approximate surface area is 110 Å². The molecule has 0 atom stereocenters. The molecule has 0 saturated carbocycles. The summed E-state index contributed by atoms with van der Waals surface area (Å²) in [4.78, 5) is 0. The van der Waals surface area contributed by atoms with Crippen molar-refractivity contribution < 1.29 is 17.9 Å². The Hall–Kier alpha value is -1.49. The molecule has 2 rings (SSSR count). The molecular formula is C13H8BrF3O. The molecule has 2 aromatic rings. The molecule has 0 saturated heterocycles. The molecule has 18 heavy (non-hydrogen) atoms. The number of alkyl halides is 3. The normalized spacial score (nSPS) is 11.3. The van der Waals surface area contributed by atoms with Crippen molar-refractivity contribution in [3.8, 4) is 16.9 Å². The molecule has 2 aromatic carbocycles. The van der Waals surface area contributed by atoms with Gasteiger partial charge in [-0.3, -0.25) is 0 Å². The number of ether oxygens (including phenoxy) is 1. The van der Waals surface area contributed by atoms with Gasteiger partial charge in [0.25, 0.3) is 0 Å². The fraction of sp³-hybridized carbons (Fsp3) is 0.0769. The van der Waals surface area contributed by atoms with Crippen LogP contribution in [0.25, 0.3) is 11.1 Å². The zero-order valence-electron chi connectivity index (χ0n) is 9.04. The molecule has 94 valence electrons. The average molecular weight is 317 g/mol. The molecule has 0 aliphatic carbocycles. The summed E-state index contributed by atoms with van der Waals surface area (Å²) in [5.74, 6) is -0.222. The van der Waals surface area contributed by atoms with E-state index in [0.717, 1.165) is 10.0 Å². The molecule has 1 nitrogen and oxygen atoms in total. The van der Waals surface area contributed by atoms with Gasteiger partial charge in [0.1, 0.15) is 5.75 Å². The molecule has 0 N–H and O–H groups in total. The van der Waals surface area contributed by atoms with Gasteiger partial charge in [-0.05, 0) is 35.4 Å². The lowest BCUT2D eigenvalue weighted by atomic mass is 10.1. The largest absolute Gasteiger partial charge is 0.573 e. The second-order valence-corrected chi connectivity index (χ2v) is 4.50. The summed E-state index contributed by atoms with van der Waals surface area (Å²) in [5.41, 5.74) is 1.48. The smallest absolute Gasteiger partial charge is 0.406 e. The van der Waals surface area contributed by atoms with Gasteiger partial charge in [0, 0.05) is 4.47 Å². The van der Waals surface area contributed by atoms with Gasteiger partial charge < -0.3 is 4.74 Å². The summed E-state index contributed by atoms with van der Waals surface area (Å²) >= 11 is 3.32. The second-order valence-electron chi connectivity index (χ2n) is 3.59. The Morgan fingerprint density at radius 1 is 0.889 bits per heavy atom. The van der Waals surface area contributed by atoms with Crippen molar-refractivity contribution in [3.05, 3.63) is 53.0 Å². The third kappa shape index (κ3) is 3.50. The third-order valence-corrected chi connectivity index (χ3v) is 2.72. The lowest BCUT2D eigenvalue weighted by Crippen LogP contribution is -2.17. The van der Waals surface area contributed by atoms with Crippen LogP contribution in [0.1, 0.15) is 0 Å². The predicted octanol–water partition coefficient (Wildman–Crippen LogP) is 5.01. The maximum Gasteiger partial charge on any atom is 0.573 e. The molecule has 0 unspecified atom stereocenters. The van der Waals surface area contributed by atoms with Crippen molar-refractivity contribution in [2.75, 3.05) is 0 Å². The van der Waals surface area contributed by atoms with E-state index in [-0.39, 0.29) is 5.75 Å². The van der Waals surface area contributed by atoms with E-state index in [1.54, 1.807) is 6.07 Å². The highest BCUT2D eigenvalue weighted by atomic mass is 79.9. The van der Waals surface area contributed by atoms with Crippen LogP contribution in [0.5, 0.6) is 5.75 Å². The zero-order chi connectivity index (χ0) is 13.2. The Kier molecular flexibility index (Phi) is 3.61. The highest BCUT2D eigenvalue weighted by Crippen LogP contribution is 2.29. The molecule has 0 fully saturated rings. The monoisotopic (exact) mass is 316 g/mol. The van der Waals surface area contributed by atoms with E-state index < -0.39 is 6.36 Å². The number of halogens is 4. The standard InChI is InChI=1S/C13H8BrF3O/c14-11-5-1-3-9(7-11)10-4-2-6-12(8-10)18-13(15,16)17/h1-8H. The molecule has 0 amide bonds. The molecule has 0 heterocycles. The van der Waals surface area contributed by atoms with Crippen LogP contribution in [0, 0.1) is 0 Å². The molecule has 0 aliphatic heterocycles. The fourth-order valence-electron chi connectivity index (χ4n) is 1.54. The summed E-state index contributed by atoms with van der Waals surface area (Å²) in [6.07, 6.45) is -4.67. The maximum atomic E-state index is 12.1. The van der Waals surface area contributed by atoms with Crippen LogP contribution in [0.15, 0.2) is 53.0 Å². The fourth-order valence-corrected chi connectivity index (χ4v) is 1.94. The van der Waals surface area contributed by atoms with Crippen molar-refractivity contribution in [2.24, 2.45) is 0 Å². The first-order valence-electron chi connectivity index (χ1n) is 5.06. The van der Waals surface area contributed by atoms with Crippen LogP contribution in [-0.4, -0.2) is 6.36 Å². The van der Waals surface area contributed by atoms with Crippen LogP contribution >= 0.6 is 15.9 Å². The molecule has 0 aliphatic rings. The molecule has 0 radical (unpaired) electrons. The Bertz CT molecular complexity index is 552. The van der Waals surface area contributed by atoms with E-state index in [4.69, 9.17) is 0 Å². The van der Waals surface area contributed by atoms with Gasteiger partial charge in [0.05, 0.1) is 0 Å². The minimum atomic E-state index is -4.67. The quantitative estimate of drug-likeness (QED) is 0.756. The van der Waals surface area contributed by atoms with Gasteiger partial charge in [0.2, 0.25) is 0 Å². The van der Waals surface area contributed by atoms with Crippen LogP contribution < -0.4 is 4.74 Å². The Morgan fingerprint density at radius 2 is 1.50 bits per heavy atom. The van der Waals surface area contributed by atoms with Crippen molar-refractivity contribution in [1.82, 2.24) is 0 Å². The zero-order valence-corrected chi connectivity index (χ0v) is 10.6. The molecule has 5 heteroatoms. The van der Waals surface area contributed by atoms with Crippen LogP contribution in [0.2, 0.25) is 0 Å². The van der Waals surface area contributed by atoms with Crippen molar-refractivity contribution in [2.45, 2.75) is 6.36 Å². The van der Waals surface area contributed by atoms with Gasteiger partial charge >= 0.3 is 6.36 Å². The van der Waals surface area contributed by atoms with E-state index in [1.165, 1.54) is 18.2 Å². The maximum absolute atomic E-state index is 12.1. The highest BCUT2D eigenvalue weighted by Gasteiger charge is 2.31. The Morgan fingerprint density at radius 3 is 2.11 bits per heavy atom. The van der Waals surface area contributed by atoms with Gasteiger partial charge in [-0.15, -0.1) is 13.2 Å². The first-order chi connectivity index (χ1) is 8.44. The first-order valence-corrected chi connectivity index (χ1v) is 5.85. The van der Waals surface area contributed by atoms with Crippen molar-refractivity contribution in [3.63, 3.8) is 0 Å². The average Bonchev–Trinajstić information content (AvgIpc) is 2.27. The van der Waals surface area contributed by atoms with E-state index in [1.807, 2.05) is 24.3 Å². The summed E-state index contributed by atoms with van der Waals surface area (Å²) < 4.78 is 41.1. The first kappa shape index (κ1) is 13.0. The molecular weight excluding hydrogens is 309 g/mol. The molecule has 0 aromatic heterocycles. The minimum absolute atomic E-state index is 0.222. The van der Waals surface area contributed by atoms with Gasteiger partial charge in [-0.2, -0.15) is 0 Å². The number of rotatable bonds is 2. The SMILES string of the molecule is FC(F)(F)Oc1cccc(-c2cccc(Br)c2)c1. The summed E-state index contributed by atoms with van der Waals surface area (Å²) in [5, 5.41) is 0. The second kappa shape index (κ2) is 5.02. The molecule has 0 spiro atoms. The summed E-state index contributed by atoms with van der Waals surface area (Å²) in [6.45, 7) is 0. The van der Waals surface area contributed by atoms with Crippen LogP contribution in [0.4, 0.5) is 13.2 Å². The summed E-state index contributed by atoms with van der Waals surface area (Å²) in [7, 11) is 0. The lowest BCUT2D eigenvalue weighted by Gasteiger charge is -2.10. The van der Waals surface area contributed by atoms with E-state index in [9.17, 15) is 13.2 Å². The predicted molar refractivity (Wildman–Crippen MR) is 66.3 cm³/mol. The van der Waals surface area contributed by atoms with Crippen LogP contribution in [-0.2, 0) is 0 Å². The van der Waals surface area contributed by atoms with Crippen LogP contribution in [0.3, 0.4) is 0 Å². The number of benzene rings is 2. The van der Waals surface area contributed by atoms with Crippen molar-refractivity contribution >= 4 is 15.9 Å². The van der Waals surface area contributed by atoms with Gasteiger partial charge in [-0.25, -0.2) is 0 Å². The van der Waals surface area contributed by atoms with Crippen molar-refractivity contribution in [1.29, 1.82) is 0 Å². The molecule has 0 bridgehead atoms. The lowest BCUT2D eigenvalue weighted by molar-refractivity contribution is -0.274. The Balaban J connectivity index is 2.33. The van der Waals surface area contributed by atoms with Gasteiger partial charge in [-0.1, -0.05) is 40.2 Å². The number of hydrogen-bond donors (Lipinski definition) is 0. The van der Waals surface area contributed by atoms with E-state index in [2.05, 4.69) is 20.7 Å². The third-order valence-electron chi connectivity index (χ3n) is 2.23. The summed E-state index contributed by atoms with van der Waals surface area (Å²) in [6, 6.07) is 13.2. The topological polar surface area (TPSA) is 9.23 Å². The van der Waals surface area contributed by atoms with E-state index >= 15 is 0 Å². The highest BCUT2D eigenvalue weighted by molar-refractivity contribution is 9.10. The van der Waals surface area contributed by atoms with E-state index in [0.29, 0.717) is 5.56 Å². The minimum Gasteiger partial charge on any atom is -0.406 e. The number of hydrogen-bond acceptors (Lipinski definition) is 1.